The second-order valence-corrected chi connectivity index (χ2v) is 5.41. The summed E-state index contributed by atoms with van der Waals surface area (Å²) in [5.41, 5.74) is 1.54. The first-order chi connectivity index (χ1) is 10.6. The molecule has 0 saturated carbocycles. The molecule has 2 rings (SSSR count). The van der Waals surface area contributed by atoms with Crippen LogP contribution in [0.2, 0.25) is 10.0 Å². The molecule has 6 heteroatoms. The van der Waals surface area contributed by atoms with Gasteiger partial charge in [0.1, 0.15) is 5.75 Å². The highest BCUT2D eigenvalue weighted by molar-refractivity contribution is 6.35. The minimum Gasteiger partial charge on any atom is -0.496 e. The lowest BCUT2D eigenvalue weighted by molar-refractivity contribution is -0.119. The van der Waals surface area contributed by atoms with Crippen LogP contribution in [0, 0.1) is 0 Å². The Balaban J connectivity index is 1.87. The lowest BCUT2D eigenvalue weighted by Crippen LogP contribution is -2.29. The van der Waals surface area contributed by atoms with Crippen LogP contribution in [0.3, 0.4) is 0 Å². The zero-order valence-electron chi connectivity index (χ0n) is 12.0. The molecule has 2 aromatic carbocycles. The molecule has 4 nitrogen and oxygen atoms in total. The quantitative estimate of drug-likeness (QED) is 0.843. The van der Waals surface area contributed by atoms with Crippen LogP contribution < -0.4 is 15.4 Å². The topological polar surface area (TPSA) is 50.4 Å². The van der Waals surface area contributed by atoms with Crippen molar-refractivity contribution in [3.8, 4) is 5.75 Å². The predicted octanol–water partition coefficient (Wildman–Crippen LogP) is 3.73. The number of anilines is 1. The fourth-order valence-corrected chi connectivity index (χ4v) is 2.27. The third-order valence-corrected chi connectivity index (χ3v) is 3.60. The van der Waals surface area contributed by atoms with E-state index in [0.29, 0.717) is 22.3 Å². The number of para-hydroxylation sites is 1. The summed E-state index contributed by atoms with van der Waals surface area (Å²) in [5.74, 6) is 0.593. The van der Waals surface area contributed by atoms with Crippen molar-refractivity contribution in [1.29, 1.82) is 0 Å². The van der Waals surface area contributed by atoms with Gasteiger partial charge in [0.05, 0.1) is 24.4 Å². The van der Waals surface area contributed by atoms with Gasteiger partial charge in [0.2, 0.25) is 5.91 Å². The third-order valence-electron chi connectivity index (χ3n) is 3.04. The van der Waals surface area contributed by atoms with E-state index in [-0.39, 0.29) is 12.5 Å². The Kier molecular flexibility index (Phi) is 5.92. The zero-order valence-corrected chi connectivity index (χ0v) is 13.5. The van der Waals surface area contributed by atoms with Crippen LogP contribution in [0.5, 0.6) is 5.75 Å². The summed E-state index contributed by atoms with van der Waals surface area (Å²) in [6.45, 7) is 0.503. The van der Waals surface area contributed by atoms with Crippen LogP contribution in [0.4, 0.5) is 5.69 Å². The molecule has 0 radical (unpaired) electrons. The minimum atomic E-state index is -0.151. The fourth-order valence-electron chi connectivity index (χ4n) is 1.91. The van der Waals surface area contributed by atoms with Gasteiger partial charge in [0.25, 0.3) is 0 Å². The summed E-state index contributed by atoms with van der Waals surface area (Å²) in [6.07, 6.45) is 0. The standard InChI is InChI=1S/C16H16Cl2N2O2/c1-22-15-5-3-2-4-11(15)9-20-16(21)10-19-14-8-12(17)6-7-13(14)18/h2-8,19H,9-10H2,1H3,(H,20,21). The summed E-state index contributed by atoms with van der Waals surface area (Å²) in [7, 11) is 1.60. The lowest BCUT2D eigenvalue weighted by atomic mass is 10.2. The molecule has 0 aliphatic carbocycles. The highest BCUT2D eigenvalue weighted by Gasteiger charge is 2.06. The average molecular weight is 339 g/mol. The summed E-state index contributed by atoms with van der Waals surface area (Å²) in [6, 6.07) is 12.6. The number of rotatable bonds is 6. The second-order valence-electron chi connectivity index (χ2n) is 4.57. The number of carbonyl (C=O) groups excluding carboxylic acids is 1. The van der Waals surface area contributed by atoms with Crippen molar-refractivity contribution in [3.63, 3.8) is 0 Å². The number of amides is 1. The number of ether oxygens (including phenoxy) is 1. The summed E-state index contributed by atoms with van der Waals surface area (Å²) >= 11 is 11.9. The van der Waals surface area contributed by atoms with E-state index in [1.165, 1.54) is 0 Å². The first-order valence-corrected chi connectivity index (χ1v) is 7.43. The first-order valence-electron chi connectivity index (χ1n) is 6.67. The number of halogens is 2. The number of methoxy groups -OCH3 is 1. The van der Waals surface area contributed by atoms with E-state index in [9.17, 15) is 4.79 Å². The average Bonchev–Trinajstić information content (AvgIpc) is 2.54. The molecular weight excluding hydrogens is 323 g/mol. The molecule has 0 bridgehead atoms. The molecule has 0 heterocycles. The van der Waals surface area contributed by atoms with Crippen LogP contribution in [0.1, 0.15) is 5.56 Å². The molecule has 0 saturated heterocycles. The Labute approximate surface area is 139 Å². The van der Waals surface area contributed by atoms with Gasteiger partial charge in [0, 0.05) is 17.1 Å². The molecule has 0 aliphatic rings. The van der Waals surface area contributed by atoms with Crippen molar-refractivity contribution >= 4 is 34.8 Å². The number of hydrogen-bond donors (Lipinski definition) is 2. The van der Waals surface area contributed by atoms with Crippen molar-refractivity contribution in [3.05, 3.63) is 58.1 Å². The van der Waals surface area contributed by atoms with Gasteiger partial charge in [-0.05, 0) is 24.3 Å². The van der Waals surface area contributed by atoms with E-state index in [2.05, 4.69) is 10.6 Å². The van der Waals surface area contributed by atoms with Crippen molar-refractivity contribution < 1.29 is 9.53 Å². The largest absolute Gasteiger partial charge is 0.496 e. The second kappa shape index (κ2) is 7.92. The minimum absolute atomic E-state index is 0.106. The molecule has 0 unspecified atom stereocenters. The molecule has 116 valence electrons. The highest BCUT2D eigenvalue weighted by atomic mass is 35.5. The fraction of sp³-hybridized carbons (Fsp3) is 0.188. The van der Waals surface area contributed by atoms with Crippen LogP contribution in [0.25, 0.3) is 0 Å². The normalized spacial score (nSPS) is 10.1. The predicted molar refractivity (Wildman–Crippen MR) is 89.8 cm³/mol. The van der Waals surface area contributed by atoms with Crippen molar-refractivity contribution in [2.75, 3.05) is 19.0 Å². The highest BCUT2D eigenvalue weighted by Crippen LogP contribution is 2.25. The zero-order chi connectivity index (χ0) is 15.9. The van der Waals surface area contributed by atoms with Crippen LogP contribution in [-0.2, 0) is 11.3 Å². The maximum Gasteiger partial charge on any atom is 0.239 e. The van der Waals surface area contributed by atoms with E-state index in [1.54, 1.807) is 25.3 Å². The third kappa shape index (κ3) is 4.55. The lowest BCUT2D eigenvalue weighted by Gasteiger charge is -2.11. The van der Waals surface area contributed by atoms with Crippen LogP contribution in [-0.4, -0.2) is 19.6 Å². The molecule has 2 N–H and O–H groups in total. The summed E-state index contributed by atoms with van der Waals surface area (Å²) < 4.78 is 5.24. The monoisotopic (exact) mass is 338 g/mol. The Morgan fingerprint density at radius 1 is 1.18 bits per heavy atom. The molecule has 0 aliphatic heterocycles. The van der Waals surface area contributed by atoms with Gasteiger partial charge in [-0.2, -0.15) is 0 Å². The van der Waals surface area contributed by atoms with E-state index < -0.39 is 0 Å². The van der Waals surface area contributed by atoms with E-state index >= 15 is 0 Å². The maximum absolute atomic E-state index is 11.9. The van der Waals surface area contributed by atoms with Gasteiger partial charge in [-0.1, -0.05) is 41.4 Å². The molecular formula is C16H16Cl2N2O2. The van der Waals surface area contributed by atoms with Crippen molar-refractivity contribution in [2.45, 2.75) is 6.54 Å². The van der Waals surface area contributed by atoms with Crippen LogP contribution >= 0.6 is 23.2 Å². The van der Waals surface area contributed by atoms with E-state index in [0.717, 1.165) is 11.3 Å². The van der Waals surface area contributed by atoms with Crippen molar-refractivity contribution in [1.82, 2.24) is 5.32 Å². The molecule has 0 spiro atoms. The van der Waals surface area contributed by atoms with Crippen molar-refractivity contribution in [2.24, 2.45) is 0 Å². The molecule has 1 amide bonds. The number of carbonyl (C=O) groups is 1. The Bertz CT molecular complexity index is 662. The molecule has 0 fully saturated rings. The molecule has 2 aromatic rings. The van der Waals surface area contributed by atoms with Crippen LogP contribution in [0.15, 0.2) is 42.5 Å². The van der Waals surface area contributed by atoms with E-state index in [1.807, 2.05) is 24.3 Å². The smallest absolute Gasteiger partial charge is 0.239 e. The van der Waals surface area contributed by atoms with Gasteiger partial charge >= 0.3 is 0 Å². The maximum atomic E-state index is 11.9. The summed E-state index contributed by atoms with van der Waals surface area (Å²) in [4.78, 5) is 11.9. The number of hydrogen-bond acceptors (Lipinski definition) is 3. The molecule has 22 heavy (non-hydrogen) atoms. The number of benzene rings is 2. The molecule has 0 aromatic heterocycles. The Morgan fingerprint density at radius 3 is 2.73 bits per heavy atom. The van der Waals surface area contributed by atoms with Gasteiger partial charge in [-0.15, -0.1) is 0 Å². The molecule has 0 atom stereocenters. The van der Waals surface area contributed by atoms with Gasteiger partial charge in [-0.25, -0.2) is 0 Å². The Morgan fingerprint density at radius 2 is 1.95 bits per heavy atom. The van der Waals surface area contributed by atoms with E-state index in [4.69, 9.17) is 27.9 Å². The van der Waals surface area contributed by atoms with Gasteiger partial charge in [0.15, 0.2) is 0 Å². The van der Waals surface area contributed by atoms with Gasteiger partial charge in [-0.3, -0.25) is 4.79 Å². The first kappa shape index (κ1) is 16.5. The SMILES string of the molecule is COc1ccccc1CNC(=O)CNc1cc(Cl)ccc1Cl. The Hall–Kier alpha value is -1.91. The van der Waals surface area contributed by atoms with Gasteiger partial charge < -0.3 is 15.4 Å². The summed E-state index contributed by atoms with van der Waals surface area (Å²) in [5, 5.41) is 6.85. The number of nitrogens with one attached hydrogen (secondary N) is 2.